The zero-order valence-electron chi connectivity index (χ0n) is 15.4. The third kappa shape index (κ3) is 5.41. The van der Waals surface area contributed by atoms with Crippen LogP contribution in [0.4, 0.5) is 11.8 Å². The fourth-order valence-electron chi connectivity index (χ4n) is 3.29. The molecule has 134 valence electrons. The minimum atomic E-state index is 0.686. The van der Waals surface area contributed by atoms with E-state index in [0.29, 0.717) is 5.92 Å². The van der Waals surface area contributed by atoms with Gasteiger partial charge < -0.3 is 10.2 Å². The van der Waals surface area contributed by atoms with Gasteiger partial charge in [0.1, 0.15) is 0 Å². The Kier molecular flexibility index (Phi) is 6.20. The molecular formula is C20H29N5. The van der Waals surface area contributed by atoms with Crippen LogP contribution in [-0.2, 0) is 6.42 Å². The first kappa shape index (κ1) is 17.6. The number of hydrogen-bond acceptors (Lipinski definition) is 5. The molecule has 1 aliphatic rings. The predicted molar refractivity (Wildman–Crippen MR) is 103 cm³/mol. The van der Waals surface area contributed by atoms with Crippen molar-refractivity contribution in [3.8, 4) is 0 Å². The van der Waals surface area contributed by atoms with E-state index in [2.05, 4.69) is 69.6 Å². The van der Waals surface area contributed by atoms with Crippen LogP contribution >= 0.6 is 0 Å². The molecule has 0 spiro atoms. The molecule has 0 amide bonds. The van der Waals surface area contributed by atoms with Crippen LogP contribution in [0.2, 0.25) is 0 Å². The van der Waals surface area contributed by atoms with E-state index >= 15 is 0 Å². The number of benzene rings is 1. The quantitative estimate of drug-likeness (QED) is 0.832. The Bertz CT molecular complexity index is 636. The van der Waals surface area contributed by atoms with Crippen LogP contribution in [0, 0.1) is 11.8 Å². The lowest BCUT2D eigenvalue weighted by Crippen LogP contribution is -2.35. The topological polar surface area (TPSA) is 53.9 Å². The van der Waals surface area contributed by atoms with Crippen LogP contribution < -0.4 is 10.2 Å². The van der Waals surface area contributed by atoms with E-state index in [-0.39, 0.29) is 0 Å². The van der Waals surface area contributed by atoms with E-state index in [0.717, 1.165) is 43.7 Å². The normalized spacial score (nSPS) is 15.6. The van der Waals surface area contributed by atoms with Crippen molar-refractivity contribution in [2.75, 3.05) is 29.9 Å². The molecule has 0 aliphatic carbocycles. The fraction of sp³-hybridized carbons (Fsp3) is 0.550. The summed E-state index contributed by atoms with van der Waals surface area (Å²) in [7, 11) is 0. The lowest BCUT2D eigenvalue weighted by molar-refractivity contribution is 0.400. The van der Waals surface area contributed by atoms with E-state index < -0.39 is 0 Å². The first-order chi connectivity index (χ1) is 12.2. The van der Waals surface area contributed by atoms with Gasteiger partial charge in [0.15, 0.2) is 5.82 Å². The first-order valence-corrected chi connectivity index (χ1v) is 9.43. The molecule has 1 aromatic carbocycles. The van der Waals surface area contributed by atoms with Crippen molar-refractivity contribution in [1.82, 2.24) is 15.2 Å². The Balaban J connectivity index is 1.50. The molecule has 25 heavy (non-hydrogen) atoms. The van der Waals surface area contributed by atoms with Gasteiger partial charge in [0, 0.05) is 19.6 Å². The van der Waals surface area contributed by atoms with Gasteiger partial charge >= 0.3 is 0 Å². The maximum Gasteiger partial charge on any atom is 0.247 e. The molecule has 5 nitrogen and oxygen atoms in total. The van der Waals surface area contributed by atoms with Crippen molar-refractivity contribution in [3.63, 3.8) is 0 Å². The van der Waals surface area contributed by atoms with Gasteiger partial charge in [-0.2, -0.15) is 10.1 Å². The number of anilines is 2. The Morgan fingerprint density at radius 3 is 2.64 bits per heavy atom. The highest BCUT2D eigenvalue weighted by Gasteiger charge is 2.21. The Morgan fingerprint density at radius 1 is 1.16 bits per heavy atom. The highest BCUT2D eigenvalue weighted by atomic mass is 15.3. The smallest absolute Gasteiger partial charge is 0.247 e. The SMILES string of the molecule is CC(C)CCNc1cnnc(N2CCC(Cc3ccccc3)CC2)n1. The molecule has 0 saturated carbocycles. The standard InChI is InChI=1S/C20H29N5/c1-16(2)8-11-21-19-15-22-24-20(23-19)25-12-9-18(10-13-25)14-17-6-4-3-5-7-17/h3-7,15-16,18H,8-14H2,1-2H3,(H,21,23,24). The highest BCUT2D eigenvalue weighted by Crippen LogP contribution is 2.24. The van der Waals surface area contributed by atoms with Gasteiger partial charge in [0.25, 0.3) is 0 Å². The summed E-state index contributed by atoms with van der Waals surface area (Å²) in [5, 5.41) is 11.7. The molecular weight excluding hydrogens is 310 g/mol. The fourth-order valence-corrected chi connectivity index (χ4v) is 3.29. The maximum absolute atomic E-state index is 4.64. The van der Waals surface area contributed by atoms with Crippen molar-refractivity contribution in [2.45, 2.75) is 39.5 Å². The average molecular weight is 339 g/mol. The van der Waals surface area contributed by atoms with Crippen LogP contribution in [0.25, 0.3) is 0 Å². The molecule has 1 aliphatic heterocycles. The van der Waals surface area contributed by atoms with Crippen LogP contribution in [0.15, 0.2) is 36.5 Å². The number of aromatic nitrogens is 3. The van der Waals surface area contributed by atoms with E-state index in [1.807, 2.05) is 0 Å². The summed E-state index contributed by atoms with van der Waals surface area (Å²) in [6.45, 7) is 7.40. The van der Waals surface area contributed by atoms with Gasteiger partial charge in [0.05, 0.1) is 6.20 Å². The molecule has 1 saturated heterocycles. The van der Waals surface area contributed by atoms with Crippen molar-refractivity contribution in [2.24, 2.45) is 11.8 Å². The van der Waals surface area contributed by atoms with Gasteiger partial charge in [-0.3, -0.25) is 0 Å². The Hall–Kier alpha value is -2.17. The molecule has 0 bridgehead atoms. The molecule has 5 heteroatoms. The lowest BCUT2D eigenvalue weighted by atomic mass is 9.90. The van der Waals surface area contributed by atoms with Gasteiger partial charge in [-0.25, -0.2) is 0 Å². The third-order valence-corrected chi connectivity index (χ3v) is 4.84. The molecule has 1 aromatic heterocycles. The molecule has 0 radical (unpaired) electrons. The van der Waals surface area contributed by atoms with Gasteiger partial charge in [-0.15, -0.1) is 5.10 Å². The predicted octanol–water partition coefficient (Wildman–Crippen LogP) is 3.79. The van der Waals surface area contributed by atoms with E-state index in [4.69, 9.17) is 0 Å². The summed E-state index contributed by atoms with van der Waals surface area (Å²) >= 11 is 0. The van der Waals surface area contributed by atoms with Crippen molar-refractivity contribution in [3.05, 3.63) is 42.1 Å². The second-order valence-corrected chi connectivity index (χ2v) is 7.37. The molecule has 1 fully saturated rings. The average Bonchev–Trinajstić information content (AvgIpc) is 2.63. The molecule has 2 heterocycles. The molecule has 3 rings (SSSR count). The van der Waals surface area contributed by atoms with E-state index in [1.165, 1.54) is 24.8 Å². The molecule has 2 aromatic rings. The molecule has 0 unspecified atom stereocenters. The summed E-state index contributed by atoms with van der Waals surface area (Å²) in [5.74, 6) is 3.02. The van der Waals surface area contributed by atoms with Crippen LogP contribution in [0.5, 0.6) is 0 Å². The molecule has 0 atom stereocenters. The number of nitrogens with one attached hydrogen (secondary N) is 1. The zero-order valence-corrected chi connectivity index (χ0v) is 15.4. The second kappa shape index (κ2) is 8.79. The van der Waals surface area contributed by atoms with Crippen molar-refractivity contribution < 1.29 is 0 Å². The Morgan fingerprint density at radius 2 is 1.92 bits per heavy atom. The lowest BCUT2D eigenvalue weighted by Gasteiger charge is -2.31. The van der Waals surface area contributed by atoms with Gasteiger partial charge in [-0.1, -0.05) is 44.2 Å². The summed E-state index contributed by atoms with van der Waals surface area (Å²) < 4.78 is 0. The number of hydrogen-bond donors (Lipinski definition) is 1. The summed E-state index contributed by atoms with van der Waals surface area (Å²) in [6, 6.07) is 10.8. The monoisotopic (exact) mass is 339 g/mol. The van der Waals surface area contributed by atoms with Gasteiger partial charge in [0.2, 0.25) is 5.95 Å². The minimum absolute atomic E-state index is 0.686. The van der Waals surface area contributed by atoms with Crippen LogP contribution in [-0.4, -0.2) is 34.8 Å². The highest BCUT2D eigenvalue weighted by molar-refractivity contribution is 5.39. The second-order valence-electron chi connectivity index (χ2n) is 7.37. The largest absolute Gasteiger partial charge is 0.369 e. The van der Waals surface area contributed by atoms with E-state index in [1.54, 1.807) is 6.20 Å². The first-order valence-electron chi connectivity index (χ1n) is 9.43. The Labute approximate surface area is 150 Å². The summed E-state index contributed by atoms with van der Waals surface area (Å²) in [5.41, 5.74) is 1.44. The number of piperidine rings is 1. The minimum Gasteiger partial charge on any atom is -0.369 e. The van der Waals surface area contributed by atoms with Crippen LogP contribution in [0.3, 0.4) is 0 Å². The van der Waals surface area contributed by atoms with Crippen molar-refractivity contribution in [1.29, 1.82) is 0 Å². The zero-order chi connectivity index (χ0) is 17.5. The summed E-state index contributed by atoms with van der Waals surface area (Å²) in [6.07, 6.45) is 6.38. The van der Waals surface area contributed by atoms with Crippen LogP contribution in [0.1, 0.15) is 38.7 Å². The van der Waals surface area contributed by atoms with E-state index in [9.17, 15) is 0 Å². The maximum atomic E-state index is 4.64. The van der Waals surface area contributed by atoms with Crippen molar-refractivity contribution >= 4 is 11.8 Å². The number of nitrogens with zero attached hydrogens (tertiary/aromatic N) is 4. The third-order valence-electron chi connectivity index (χ3n) is 4.84. The number of rotatable bonds is 7. The summed E-state index contributed by atoms with van der Waals surface area (Å²) in [4.78, 5) is 6.91. The molecule has 1 N–H and O–H groups in total. The van der Waals surface area contributed by atoms with Gasteiger partial charge in [-0.05, 0) is 43.1 Å².